The Balaban J connectivity index is 2.32. The molecule has 0 spiro atoms. The van der Waals surface area contributed by atoms with Gasteiger partial charge in [0.05, 0.1) is 13.0 Å². The van der Waals surface area contributed by atoms with E-state index in [1.54, 1.807) is 7.11 Å². The third kappa shape index (κ3) is 2.96. The van der Waals surface area contributed by atoms with Crippen LogP contribution in [0.5, 0.6) is 5.75 Å². The molecule has 110 valence electrons. The summed E-state index contributed by atoms with van der Waals surface area (Å²) in [6.07, 6.45) is 0.610. The van der Waals surface area contributed by atoms with E-state index < -0.39 is 5.97 Å². The van der Waals surface area contributed by atoms with E-state index in [2.05, 4.69) is 38.2 Å². The van der Waals surface area contributed by atoms with Gasteiger partial charge in [0.2, 0.25) is 0 Å². The summed E-state index contributed by atoms with van der Waals surface area (Å²) in [5, 5.41) is 12.4. The first-order chi connectivity index (χ1) is 9.32. The number of carbonyl (C=O) groups is 1. The van der Waals surface area contributed by atoms with Gasteiger partial charge in [0.15, 0.2) is 0 Å². The highest BCUT2D eigenvalue weighted by molar-refractivity contribution is 5.71. The van der Waals surface area contributed by atoms with Crippen LogP contribution in [-0.2, 0) is 10.2 Å². The number of ether oxygens (including phenoxy) is 1. The maximum Gasteiger partial charge on any atom is 0.307 e. The molecule has 1 aliphatic rings. The molecule has 1 aromatic rings. The third-order valence-electron chi connectivity index (χ3n) is 3.95. The van der Waals surface area contributed by atoms with Crippen molar-refractivity contribution in [1.29, 1.82) is 0 Å². The lowest BCUT2D eigenvalue weighted by Crippen LogP contribution is -2.18. The van der Waals surface area contributed by atoms with Crippen LogP contribution >= 0.6 is 0 Å². The van der Waals surface area contributed by atoms with Gasteiger partial charge in [-0.15, -0.1) is 0 Å². The number of hydrogen-bond acceptors (Lipinski definition) is 3. The number of benzene rings is 1. The molecular formula is C16H23NO3. The van der Waals surface area contributed by atoms with Gasteiger partial charge < -0.3 is 15.2 Å². The highest BCUT2D eigenvalue weighted by Crippen LogP contribution is 2.36. The maximum atomic E-state index is 11.1. The average Bonchev–Trinajstić information content (AvgIpc) is 2.86. The fourth-order valence-electron chi connectivity index (χ4n) is 2.63. The standard InChI is InChI=1S/C16H23NO3/c1-16(2,3)11-5-6-14(20-4)12(8-11)13-7-10(9-17-13)15(18)19/h5-6,8,10,13,17H,7,9H2,1-4H3,(H,18,19). The van der Waals surface area contributed by atoms with Gasteiger partial charge in [-0.2, -0.15) is 0 Å². The molecule has 4 heteroatoms. The van der Waals surface area contributed by atoms with Crippen LogP contribution in [-0.4, -0.2) is 24.7 Å². The fraction of sp³-hybridized carbons (Fsp3) is 0.562. The first kappa shape index (κ1) is 14.9. The lowest BCUT2D eigenvalue weighted by atomic mass is 9.85. The molecule has 1 saturated heterocycles. The Morgan fingerprint density at radius 2 is 2.10 bits per heavy atom. The van der Waals surface area contributed by atoms with Crippen LogP contribution in [0, 0.1) is 5.92 Å². The Labute approximate surface area is 120 Å². The molecule has 1 fully saturated rings. The number of hydrogen-bond donors (Lipinski definition) is 2. The molecule has 2 unspecified atom stereocenters. The Hall–Kier alpha value is -1.55. The number of rotatable bonds is 3. The predicted octanol–water partition coefficient (Wildman–Crippen LogP) is 2.73. The smallest absolute Gasteiger partial charge is 0.307 e. The van der Waals surface area contributed by atoms with Crippen molar-refractivity contribution in [3.05, 3.63) is 29.3 Å². The summed E-state index contributed by atoms with van der Waals surface area (Å²) in [6, 6.07) is 6.24. The van der Waals surface area contributed by atoms with Gasteiger partial charge in [-0.25, -0.2) is 0 Å². The zero-order valence-corrected chi connectivity index (χ0v) is 12.6. The second-order valence-electron chi connectivity index (χ2n) is 6.44. The van der Waals surface area contributed by atoms with E-state index in [0.29, 0.717) is 13.0 Å². The van der Waals surface area contributed by atoms with Gasteiger partial charge in [-0.05, 0) is 29.5 Å². The summed E-state index contributed by atoms with van der Waals surface area (Å²) >= 11 is 0. The summed E-state index contributed by atoms with van der Waals surface area (Å²) < 4.78 is 5.43. The van der Waals surface area contributed by atoms with Gasteiger partial charge in [-0.1, -0.05) is 26.8 Å². The molecule has 0 amide bonds. The maximum absolute atomic E-state index is 11.1. The number of carboxylic acids is 1. The van der Waals surface area contributed by atoms with Crippen molar-refractivity contribution >= 4 is 5.97 Å². The Morgan fingerprint density at radius 1 is 1.40 bits per heavy atom. The molecule has 0 radical (unpaired) electrons. The van der Waals surface area contributed by atoms with E-state index in [1.165, 1.54) is 5.56 Å². The molecule has 2 rings (SSSR count). The van der Waals surface area contributed by atoms with Crippen molar-refractivity contribution in [2.45, 2.75) is 38.6 Å². The fourth-order valence-corrected chi connectivity index (χ4v) is 2.63. The molecule has 4 nitrogen and oxygen atoms in total. The van der Waals surface area contributed by atoms with E-state index in [1.807, 2.05) is 6.07 Å². The van der Waals surface area contributed by atoms with Crippen molar-refractivity contribution in [2.24, 2.45) is 5.92 Å². The Bertz CT molecular complexity index is 505. The van der Waals surface area contributed by atoms with E-state index in [4.69, 9.17) is 9.84 Å². The van der Waals surface area contributed by atoms with Gasteiger partial charge in [0.25, 0.3) is 0 Å². The zero-order valence-electron chi connectivity index (χ0n) is 12.6. The van der Waals surface area contributed by atoms with Crippen LogP contribution in [0.25, 0.3) is 0 Å². The molecule has 0 aromatic heterocycles. The van der Waals surface area contributed by atoms with Crippen LogP contribution in [0.1, 0.15) is 44.4 Å². The van der Waals surface area contributed by atoms with Crippen LogP contribution in [0.2, 0.25) is 0 Å². The van der Waals surface area contributed by atoms with Crippen LogP contribution in [0.15, 0.2) is 18.2 Å². The predicted molar refractivity (Wildman–Crippen MR) is 78.2 cm³/mol. The first-order valence-electron chi connectivity index (χ1n) is 6.97. The normalized spacial score (nSPS) is 22.8. The summed E-state index contributed by atoms with van der Waals surface area (Å²) in [4.78, 5) is 11.1. The van der Waals surface area contributed by atoms with Crippen LogP contribution < -0.4 is 10.1 Å². The molecule has 1 aromatic carbocycles. The van der Waals surface area contributed by atoms with E-state index >= 15 is 0 Å². The molecule has 0 aliphatic carbocycles. The molecule has 2 N–H and O–H groups in total. The third-order valence-corrected chi connectivity index (χ3v) is 3.95. The largest absolute Gasteiger partial charge is 0.496 e. The van der Waals surface area contributed by atoms with Crippen molar-refractivity contribution in [1.82, 2.24) is 5.32 Å². The number of carboxylic acid groups (broad SMARTS) is 1. The van der Waals surface area contributed by atoms with Crippen molar-refractivity contribution in [3.8, 4) is 5.75 Å². The number of aliphatic carboxylic acids is 1. The van der Waals surface area contributed by atoms with Crippen molar-refractivity contribution in [3.63, 3.8) is 0 Å². The average molecular weight is 277 g/mol. The monoisotopic (exact) mass is 277 g/mol. The topological polar surface area (TPSA) is 58.6 Å². The zero-order chi connectivity index (χ0) is 14.9. The van der Waals surface area contributed by atoms with Gasteiger partial charge in [0.1, 0.15) is 5.75 Å². The Kier molecular flexibility index (Phi) is 4.04. The number of nitrogens with one attached hydrogen (secondary N) is 1. The quantitative estimate of drug-likeness (QED) is 0.892. The molecule has 0 bridgehead atoms. The molecule has 0 saturated carbocycles. The minimum absolute atomic E-state index is 0.0494. The van der Waals surface area contributed by atoms with Crippen LogP contribution in [0.3, 0.4) is 0 Å². The van der Waals surface area contributed by atoms with Gasteiger partial charge in [0, 0.05) is 18.2 Å². The summed E-state index contributed by atoms with van der Waals surface area (Å²) in [5.74, 6) is -0.226. The molecule has 2 atom stereocenters. The van der Waals surface area contributed by atoms with E-state index in [0.717, 1.165) is 11.3 Å². The first-order valence-corrected chi connectivity index (χ1v) is 6.97. The lowest BCUT2D eigenvalue weighted by molar-refractivity contribution is -0.141. The van der Waals surface area contributed by atoms with Gasteiger partial charge >= 0.3 is 5.97 Å². The highest BCUT2D eigenvalue weighted by Gasteiger charge is 2.32. The summed E-state index contributed by atoms with van der Waals surface area (Å²) in [7, 11) is 1.65. The van der Waals surface area contributed by atoms with E-state index in [-0.39, 0.29) is 17.4 Å². The Morgan fingerprint density at radius 3 is 2.60 bits per heavy atom. The SMILES string of the molecule is COc1ccc(C(C)(C)C)cc1C1CC(C(=O)O)CN1. The van der Waals surface area contributed by atoms with Crippen LogP contribution in [0.4, 0.5) is 0 Å². The lowest BCUT2D eigenvalue weighted by Gasteiger charge is -2.23. The minimum Gasteiger partial charge on any atom is -0.496 e. The van der Waals surface area contributed by atoms with Gasteiger partial charge in [-0.3, -0.25) is 4.79 Å². The highest BCUT2D eigenvalue weighted by atomic mass is 16.5. The van der Waals surface area contributed by atoms with Crippen molar-refractivity contribution < 1.29 is 14.6 Å². The number of methoxy groups -OCH3 is 1. The second-order valence-corrected chi connectivity index (χ2v) is 6.44. The molecule has 1 aliphatic heterocycles. The molecule has 20 heavy (non-hydrogen) atoms. The van der Waals surface area contributed by atoms with E-state index in [9.17, 15) is 4.79 Å². The molecular weight excluding hydrogens is 254 g/mol. The molecule has 1 heterocycles. The summed E-state index contributed by atoms with van der Waals surface area (Å²) in [6.45, 7) is 7.02. The summed E-state index contributed by atoms with van der Waals surface area (Å²) in [5.41, 5.74) is 2.35. The second kappa shape index (κ2) is 5.44. The minimum atomic E-state index is -0.731. The van der Waals surface area contributed by atoms with Crippen molar-refractivity contribution in [2.75, 3.05) is 13.7 Å².